The second kappa shape index (κ2) is 5.86. The number of rotatable bonds is 3. The number of nitrogens with zero attached hydrogens (tertiary/aromatic N) is 2. The van der Waals surface area contributed by atoms with Crippen molar-refractivity contribution in [3.63, 3.8) is 0 Å². The van der Waals surface area contributed by atoms with Gasteiger partial charge >= 0.3 is 0 Å². The first-order valence-corrected chi connectivity index (χ1v) is 8.28. The number of imidazole rings is 1. The Morgan fingerprint density at radius 2 is 2.00 bits per heavy atom. The number of hydrogen-bond donors (Lipinski definition) is 1. The zero-order valence-electron chi connectivity index (χ0n) is 12.3. The van der Waals surface area contributed by atoms with Crippen LogP contribution in [0.5, 0.6) is 0 Å². The standard InChI is InChI=1S/C17H18ClN3O/c18-10-15-20-16-12-3-1-2-4-13(12)19-14(17(16)21-15)9-11-5-7-22-8-6-11/h1-4,11H,5-10H2,(H,20,21). The molecular formula is C17H18ClN3O. The molecule has 5 heteroatoms. The SMILES string of the molecule is ClCc1nc2c(CC3CCOCC3)nc3ccccc3c2[nH]1. The molecule has 1 N–H and O–H groups in total. The van der Waals surface area contributed by atoms with Gasteiger partial charge in [-0.2, -0.15) is 0 Å². The quantitative estimate of drug-likeness (QED) is 0.748. The molecule has 0 spiro atoms. The fourth-order valence-electron chi connectivity index (χ4n) is 3.24. The number of fused-ring (bicyclic) bond motifs is 3. The van der Waals surface area contributed by atoms with Crippen LogP contribution in [-0.2, 0) is 17.0 Å². The number of benzene rings is 1. The van der Waals surface area contributed by atoms with E-state index in [1.54, 1.807) is 0 Å². The molecule has 0 aliphatic carbocycles. The first-order chi connectivity index (χ1) is 10.8. The molecule has 3 aromatic rings. The van der Waals surface area contributed by atoms with Gasteiger partial charge in [0, 0.05) is 18.6 Å². The van der Waals surface area contributed by atoms with Crippen LogP contribution in [0.1, 0.15) is 24.4 Å². The molecule has 0 saturated carbocycles. The zero-order chi connectivity index (χ0) is 14.9. The number of hydrogen-bond acceptors (Lipinski definition) is 3. The fraction of sp³-hybridized carbons (Fsp3) is 0.412. The summed E-state index contributed by atoms with van der Waals surface area (Å²) in [5.41, 5.74) is 4.12. The van der Waals surface area contributed by atoms with Gasteiger partial charge in [0.1, 0.15) is 11.3 Å². The first kappa shape index (κ1) is 14.0. The zero-order valence-corrected chi connectivity index (χ0v) is 13.1. The minimum absolute atomic E-state index is 0.389. The number of para-hydroxylation sites is 1. The summed E-state index contributed by atoms with van der Waals surface area (Å²) < 4.78 is 5.46. The lowest BCUT2D eigenvalue weighted by molar-refractivity contribution is 0.0664. The maximum atomic E-state index is 5.96. The molecule has 0 radical (unpaired) electrons. The lowest BCUT2D eigenvalue weighted by atomic mass is 9.94. The Morgan fingerprint density at radius 3 is 2.82 bits per heavy atom. The molecule has 1 aliphatic rings. The highest BCUT2D eigenvalue weighted by atomic mass is 35.5. The predicted molar refractivity (Wildman–Crippen MR) is 88.2 cm³/mol. The minimum atomic E-state index is 0.389. The van der Waals surface area contributed by atoms with Gasteiger partial charge in [0.2, 0.25) is 0 Å². The Kier molecular flexibility index (Phi) is 3.72. The Balaban J connectivity index is 1.85. The van der Waals surface area contributed by atoms with Crippen molar-refractivity contribution in [3.05, 3.63) is 35.8 Å². The van der Waals surface area contributed by atoms with Crippen LogP contribution in [0.15, 0.2) is 24.3 Å². The molecule has 0 amide bonds. The van der Waals surface area contributed by atoms with Gasteiger partial charge in [-0.1, -0.05) is 18.2 Å². The molecular weight excluding hydrogens is 298 g/mol. The van der Waals surface area contributed by atoms with E-state index in [9.17, 15) is 0 Å². The van der Waals surface area contributed by atoms with E-state index in [4.69, 9.17) is 21.3 Å². The fourth-order valence-corrected chi connectivity index (χ4v) is 3.36. The van der Waals surface area contributed by atoms with Gasteiger partial charge in [0.15, 0.2) is 0 Å². The smallest absolute Gasteiger partial charge is 0.122 e. The summed E-state index contributed by atoms with van der Waals surface area (Å²) in [6.45, 7) is 1.71. The second-order valence-electron chi connectivity index (χ2n) is 5.88. The number of aromatic amines is 1. The molecule has 4 nitrogen and oxygen atoms in total. The highest BCUT2D eigenvalue weighted by molar-refractivity contribution is 6.17. The Morgan fingerprint density at radius 1 is 1.18 bits per heavy atom. The first-order valence-electron chi connectivity index (χ1n) is 7.75. The van der Waals surface area contributed by atoms with E-state index in [1.807, 2.05) is 12.1 Å². The van der Waals surface area contributed by atoms with Crippen molar-refractivity contribution in [2.75, 3.05) is 13.2 Å². The second-order valence-corrected chi connectivity index (χ2v) is 6.14. The van der Waals surface area contributed by atoms with Crippen LogP contribution in [-0.4, -0.2) is 28.2 Å². The Bertz CT molecular complexity index is 808. The van der Waals surface area contributed by atoms with Crippen LogP contribution in [0.4, 0.5) is 0 Å². The van der Waals surface area contributed by atoms with Crippen LogP contribution in [0.2, 0.25) is 0 Å². The normalized spacial score (nSPS) is 16.6. The molecule has 4 rings (SSSR count). The third-order valence-electron chi connectivity index (χ3n) is 4.40. The largest absolute Gasteiger partial charge is 0.381 e. The van der Waals surface area contributed by atoms with Crippen LogP contribution >= 0.6 is 11.6 Å². The number of aromatic nitrogens is 3. The van der Waals surface area contributed by atoms with E-state index in [1.165, 1.54) is 0 Å². The van der Waals surface area contributed by atoms with Crippen molar-refractivity contribution in [1.29, 1.82) is 0 Å². The van der Waals surface area contributed by atoms with Crippen molar-refractivity contribution in [2.24, 2.45) is 5.92 Å². The summed E-state index contributed by atoms with van der Waals surface area (Å²) in [6, 6.07) is 8.20. The third kappa shape index (κ3) is 2.46. The van der Waals surface area contributed by atoms with Crippen LogP contribution in [0.25, 0.3) is 21.9 Å². The van der Waals surface area contributed by atoms with Crippen LogP contribution in [0.3, 0.4) is 0 Å². The van der Waals surface area contributed by atoms with Gasteiger partial charge in [-0.15, -0.1) is 11.6 Å². The van der Waals surface area contributed by atoms with Gasteiger partial charge in [-0.3, -0.25) is 4.98 Å². The highest BCUT2D eigenvalue weighted by Crippen LogP contribution is 2.28. The number of nitrogens with one attached hydrogen (secondary N) is 1. The number of pyridine rings is 1. The summed E-state index contributed by atoms with van der Waals surface area (Å²) in [5.74, 6) is 1.82. The molecule has 22 heavy (non-hydrogen) atoms. The Labute approximate surface area is 133 Å². The molecule has 1 aromatic carbocycles. The topological polar surface area (TPSA) is 50.8 Å². The molecule has 3 heterocycles. The minimum Gasteiger partial charge on any atom is -0.381 e. The van der Waals surface area contributed by atoms with Gasteiger partial charge in [-0.25, -0.2) is 4.98 Å². The number of alkyl halides is 1. The van der Waals surface area contributed by atoms with Crippen molar-refractivity contribution in [3.8, 4) is 0 Å². The summed E-state index contributed by atoms with van der Waals surface area (Å²) in [4.78, 5) is 12.9. The Hall–Kier alpha value is -1.65. The van der Waals surface area contributed by atoms with Crippen LogP contribution < -0.4 is 0 Å². The summed E-state index contributed by atoms with van der Waals surface area (Å²) >= 11 is 5.96. The molecule has 1 aliphatic heterocycles. The lowest BCUT2D eigenvalue weighted by Crippen LogP contribution is -2.18. The maximum Gasteiger partial charge on any atom is 0.122 e. The average molecular weight is 316 g/mol. The van der Waals surface area contributed by atoms with E-state index < -0.39 is 0 Å². The van der Waals surface area contributed by atoms with E-state index in [2.05, 4.69) is 22.1 Å². The van der Waals surface area contributed by atoms with E-state index >= 15 is 0 Å². The van der Waals surface area contributed by atoms with Crippen molar-refractivity contribution in [1.82, 2.24) is 15.0 Å². The van der Waals surface area contributed by atoms with Crippen molar-refractivity contribution >= 4 is 33.5 Å². The molecule has 0 bridgehead atoms. The summed E-state index contributed by atoms with van der Waals surface area (Å²) in [5, 5.41) is 1.11. The summed E-state index contributed by atoms with van der Waals surface area (Å²) in [6.07, 6.45) is 3.16. The maximum absolute atomic E-state index is 5.96. The molecule has 0 unspecified atom stereocenters. The molecule has 1 saturated heterocycles. The van der Waals surface area contributed by atoms with E-state index in [0.717, 1.165) is 65.9 Å². The monoisotopic (exact) mass is 315 g/mol. The lowest BCUT2D eigenvalue weighted by Gasteiger charge is -2.21. The summed E-state index contributed by atoms with van der Waals surface area (Å²) in [7, 11) is 0. The van der Waals surface area contributed by atoms with Gasteiger partial charge < -0.3 is 9.72 Å². The van der Waals surface area contributed by atoms with Crippen molar-refractivity contribution in [2.45, 2.75) is 25.1 Å². The molecule has 1 fully saturated rings. The number of halogens is 1. The number of H-pyrrole nitrogens is 1. The molecule has 2 aromatic heterocycles. The highest BCUT2D eigenvalue weighted by Gasteiger charge is 2.19. The van der Waals surface area contributed by atoms with E-state index in [0.29, 0.717) is 11.8 Å². The van der Waals surface area contributed by atoms with Gasteiger partial charge in [0.25, 0.3) is 0 Å². The van der Waals surface area contributed by atoms with Gasteiger partial charge in [0.05, 0.1) is 22.6 Å². The third-order valence-corrected chi connectivity index (χ3v) is 4.66. The number of ether oxygens (including phenoxy) is 1. The predicted octanol–water partition coefficient (Wildman–Crippen LogP) is 3.82. The average Bonchev–Trinajstić information content (AvgIpc) is 3.01. The van der Waals surface area contributed by atoms with Gasteiger partial charge in [-0.05, 0) is 31.2 Å². The van der Waals surface area contributed by atoms with E-state index in [-0.39, 0.29) is 0 Å². The molecule has 0 atom stereocenters. The van der Waals surface area contributed by atoms with Crippen LogP contribution in [0, 0.1) is 5.92 Å². The van der Waals surface area contributed by atoms with Crippen molar-refractivity contribution < 1.29 is 4.74 Å². The molecule has 114 valence electrons.